The second kappa shape index (κ2) is 9.17. The molecule has 0 bridgehead atoms. The quantitative estimate of drug-likeness (QED) is 0.516. The highest BCUT2D eigenvalue weighted by Gasteiger charge is 2.23. The highest BCUT2D eigenvalue weighted by atomic mass is 32.2. The minimum atomic E-state index is 0.405. The lowest BCUT2D eigenvalue weighted by atomic mass is 10.1. The van der Waals surface area contributed by atoms with Gasteiger partial charge >= 0.3 is 0 Å². The van der Waals surface area contributed by atoms with Gasteiger partial charge in [0, 0.05) is 0 Å². The van der Waals surface area contributed by atoms with Crippen molar-refractivity contribution in [3.8, 4) is 0 Å². The number of hydrogen-bond acceptors (Lipinski definition) is 3. The molecule has 0 radical (unpaired) electrons. The summed E-state index contributed by atoms with van der Waals surface area (Å²) in [5, 5.41) is 7.57. The second-order valence-corrected chi connectivity index (χ2v) is 6.63. The molecule has 2 nitrogen and oxygen atoms in total. The van der Waals surface area contributed by atoms with Crippen LogP contribution < -0.4 is 10.6 Å². The van der Waals surface area contributed by atoms with Gasteiger partial charge in [-0.15, -0.1) is 0 Å². The zero-order chi connectivity index (χ0) is 12.5. The van der Waals surface area contributed by atoms with Gasteiger partial charge in [-0.3, -0.25) is 5.32 Å². The van der Waals surface area contributed by atoms with E-state index < -0.39 is 0 Å². The summed E-state index contributed by atoms with van der Waals surface area (Å²) in [6, 6.07) is 0. The summed E-state index contributed by atoms with van der Waals surface area (Å²) in [5.74, 6) is 0. The van der Waals surface area contributed by atoms with Crippen LogP contribution in [-0.4, -0.2) is 15.9 Å². The smallest absolute Gasteiger partial charge is 0.136 e. The van der Waals surface area contributed by atoms with Crippen molar-refractivity contribution >= 4 is 28.3 Å². The zero-order valence-corrected chi connectivity index (χ0v) is 12.8. The summed E-state index contributed by atoms with van der Waals surface area (Å²) >= 11 is 7.12. The Morgan fingerprint density at radius 3 is 2.35 bits per heavy atom. The molecule has 0 aromatic carbocycles. The predicted octanol–water partition coefficient (Wildman–Crippen LogP) is 4.01. The van der Waals surface area contributed by atoms with Crippen molar-refractivity contribution in [1.29, 1.82) is 0 Å². The standard InChI is InChI=1S/C13H26N2S2/c1-3-5-7-9-11-14-12(10-8-6-4-2)17-13(16)15-11/h11-12,14H,3-10H2,1-2H3,(H,15,16). The number of thiocarbonyl (C=S) groups is 1. The molecule has 4 heteroatoms. The van der Waals surface area contributed by atoms with Crippen LogP contribution in [0.3, 0.4) is 0 Å². The number of thioether (sulfide) groups is 1. The first kappa shape index (κ1) is 15.3. The zero-order valence-electron chi connectivity index (χ0n) is 11.1. The van der Waals surface area contributed by atoms with Gasteiger partial charge in [-0.25, -0.2) is 0 Å². The van der Waals surface area contributed by atoms with E-state index in [9.17, 15) is 0 Å². The molecule has 2 unspecified atom stereocenters. The van der Waals surface area contributed by atoms with Crippen LogP contribution in [0.1, 0.15) is 65.2 Å². The lowest BCUT2D eigenvalue weighted by Gasteiger charge is -2.32. The van der Waals surface area contributed by atoms with Crippen LogP contribution in [-0.2, 0) is 0 Å². The molecule has 1 fully saturated rings. The maximum absolute atomic E-state index is 5.33. The van der Waals surface area contributed by atoms with Crippen molar-refractivity contribution < 1.29 is 0 Å². The van der Waals surface area contributed by atoms with Crippen molar-refractivity contribution in [2.24, 2.45) is 0 Å². The average Bonchev–Trinajstić information content (AvgIpc) is 2.29. The summed E-state index contributed by atoms with van der Waals surface area (Å²) in [7, 11) is 0. The topological polar surface area (TPSA) is 24.1 Å². The maximum Gasteiger partial charge on any atom is 0.136 e. The fourth-order valence-electron chi connectivity index (χ4n) is 2.08. The molecule has 17 heavy (non-hydrogen) atoms. The van der Waals surface area contributed by atoms with E-state index in [1.165, 1.54) is 51.4 Å². The molecule has 1 aliphatic heterocycles. The van der Waals surface area contributed by atoms with Gasteiger partial charge < -0.3 is 5.32 Å². The Morgan fingerprint density at radius 2 is 1.71 bits per heavy atom. The molecule has 2 N–H and O–H groups in total. The van der Waals surface area contributed by atoms with Gasteiger partial charge in [0.2, 0.25) is 0 Å². The lowest BCUT2D eigenvalue weighted by Crippen LogP contribution is -2.52. The third-order valence-electron chi connectivity index (χ3n) is 3.09. The minimum Gasteiger partial charge on any atom is -0.356 e. The Morgan fingerprint density at radius 1 is 1.06 bits per heavy atom. The van der Waals surface area contributed by atoms with E-state index in [0.29, 0.717) is 11.5 Å². The Hall–Kier alpha value is 0.200. The van der Waals surface area contributed by atoms with Gasteiger partial charge in [0.1, 0.15) is 4.32 Å². The average molecular weight is 274 g/mol. The van der Waals surface area contributed by atoms with Crippen LogP contribution in [0.4, 0.5) is 0 Å². The van der Waals surface area contributed by atoms with Crippen molar-refractivity contribution in [3.63, 3.8) is 0 Å². The Kier molecular flexibility index (Phi) is 8.23. The largest absolute Gasteiger partial charge is 0.356 e. The van der Waals surface area contributed by atoms with Crippen LogP contribution in [0.5, 0.6) is 0 Å². The number of rotatable bonds is 8. The molecule has 0 aliphatic carbocycles. The Balaban J connectivity index is 2.24. The van der Waals surface area contributed by atoms with Gasteiger partial charge in [-0.05, 0) is 12.8 Å². The van der Waals surface area contributed by atoms with Crippen LogP contribution in [0, 0.1) is 0 Å². The van der Waals surface area contributed by atoms with Gasteiger partial charge in [-0.1, -0.05) is 76.4 Å². The van der Waals surface area contributed by atoms with E-state index in [-0.39, 0.29) is 0 Å². The molecule has 0 aromatic rings. The van der Waals surface area contributed by atoms with Crippen LogP contribution in [0.2, 0.25) is 0 Å². The lowest BCUT2D eigenvalue weighted by molar-refractivity contribution is 0.409. The SMILES string of the molecule is CCCCCC1NC(=S)SC(CCCCC)N1. The molecule has 100 valence electrons. The normalized spacial score (nSPS) is 24.7. The van der Waals surface area contributed by atoms with Crippen LogP contribution in [0.25, 0.3) is 0 Å². The first-order valence-electron chi connectivity index (χ1n) is 6.99. The number of nitrogens with one attached hydrogen (secondary N) is 2. The summed E-state index contributed by atoms with van der Waals surface area (Å²) < 4.78 is 0.978. The molecular weight excluding hydrogens is 248 g/mol. The molecule has 1 rings (SSSR count). The van der Waals surface area contributed by atoms with Gasteiger partial charge in [-0.2, -0.15) is 0 Å². The summed E-state index contributed by atoms with van der Waals surface area (Å²) in [6.07, 6.45) is 10.7. The molecule has 0 amide bonds. The van der Waals surface area contributed by atoms with Crippen molar-refractivity contribution in [2.45, 2.75) is 76.8 Å². The minimum absolute atomic E-state index is 0.405. The van der Waals surface area contributed by atoms with E-state index in [2.05, 4.69) is 24.5 Å². The first-order chi connectivity index (χ1) is 8.26. The Labute approximate surface area is 116 Å². The fraction of sp³-hybridized carbons (Fsp3) is 0.923. The van der Waals surface area contributed by atoms with E-state index in [1.807, 2.05) is 0 Å². The first-order valence-corrected chi connectivity index (χ1v) is 8.28. The molecule has 2 atom stereocenters. The van der Waals surface area contributed by atoms with Gasteiger partial charge in [0.05, 0.1) is 11.5 Å². The Bertz CT molecular complexity index is 201. The van der Waals surface area contributed by atoms with E-state index in [1.54, 1.807) is 11.8 Å². The molecular formula is C13H26N2S2. The fourth-order valence-corrected chi connectivity index (χ4v) is 3.56. The number of unbranched alkanes of at least 4 members (excludes halogenated alkanes) is 4. The van der Waals surface area contributed by atoms with E-state index in [4.69, 9.17) is 12.2 Å². The monoisotopic (exact) mass is 274 g/mol. The van der Waals surface area contributed by atoms with Crippen LogP contribution >= 0.6 is 24.0 Å². The van der Waals surface area contributed by atoms with Gasteiger partial charge in [0.25, 0.3) is 0 Å². The van der Waals surface area contributed by atoms with Gasteiger partial charge in [0.15, 0.2) is 0 Å². The predicted molar refractivity (Wildman–Crippen MR) is 82.3 cm³/mol. The summed E-state index contributed by atoms with van der Waals surface area (Å²) in [6.45, 7) is 4.50. The third-order valence-corrected chi connectivity index (χ3v) is 4.49. The molecule has 0 saturated carbocycles. The number of hydrogen-bond donors (Lipinski definition) is 2. The molecule has 1 saturated heterocycles. The highest BCUT2D eigenvalue weighted by Crippen LogP contribution is 2.22. The molecule has 1 aliphatic rings. The summed E-state index contributed by atoms with van der Waals surface area (Å²) in [4.78, 5) is 0. The molecule has 0 spiro atoms. The molecule has 1 heterocycles. The highest BCUT2D eigenvalue weighted by molar-refractivity contribution is 8.23. The second-order valence-electron chi connectivity index (χ2n) is 4.75. The van der Waals surface area contributed by atoms with Crippen LogP contribution in [0.15, 0.2) is 0 Å². The third kappa shape index (κ3) is 6.63. The van der Waals surface area contributed by atoms with E-state index in [0.717, 1.165) is 4.32 Å². The van der Waals surface area contributed by atoms with Crippen molar-refractivity contribution in [3.05, 3.63) is 0 Å². The molecule has 0 aromatic heterocycles. The van der Waals surface area contributed by atoms with E-state index >= 15 is 0 Å². The maximum atomic E-state index is 5.33. The summed E-state index contributed by atoms with van der Waals surface area (Å²) in [5.41, 5.74) is 0. The van der Waals surface area contributed by atoms with Crippen molar-refractivity contribution in [2.75, 3.05) is 0 Å². The van der Waals surface area contributed by atoms with Crippen molar-refractivity contribution in [1.82, 2.24) is 10.6 Å².